The minimum absolute atomic E-state index is 0.0197. The minimum Gasteiger partial charge on any atom is -0.508 e. The number of rotatable bonds is 13. The number of H-pyrrole nitrogens is 1. The van der Waals surface area contributed by atoms with Gasteiger partial charge >= 0.3 is 5.97 Å². The summed E-state index contributed by atoms with van der Waals surface area (Å²) in [6, 6.07) is 9.08. The number of aromatic amines is 1. The van der Waals surface area contributed by atoms with Gasteiger partial charge in [-0.15, -0.1) is 0 Å². The van der Waals surface area contributed by atoms with Gasteiger partial charge in [-0.05, 0) is 29.3 Å². The molecule has 204 valence electrons. The Hall–Kier alpha value is -5.20. The molecule has 3 aromatic rings. The number of carboxylic acids is 1. The maximum atomic E-state index is 13.4. The lowest BCUT2D eigenvalue weighted by molar-refractivity contribution is -0.140. The van der Waals surface area contributed by atoms with Crippen LogP contribution in [0.5, 0.6) is 5.75 Å². The highest BCUT2D eigenvalue weighted by Gasteiger charge is 2.30. The van der Waals surface area contributed by atoms with E-state index in [0.717, 1.165) is 10.9 Å². The fourth-order valence-corrected chi connectivity index (χ4v) is 3.96. The van der Waals surface area contributed by atoms with Gasteiger partial charge in [-0.25, -0.2) is 0 Å². The third-order valence-electron chi connectivity index (χ3n) is 5.91. The summed E-state index contributed by atoms with van der Waals surface area (Å²) in [5, 5.41) is 33.9. The molecular weight excluding hydrogens is 508 g/mol. The molecule has 3 atom stereocenters. The number of carbonyl (C=O) groups excluding carboxylic acids is 4. The number of nitrogens with two attached hydrogens (primary N) is 1. The highest BCUT2D eigenvalue weighted by molar-refractivity contribution is 6.25. The SMILES string of the molecule is N=CC(=O)N[C@@H](Cc1c[nH]c2ccccc12)C(=O)N[C@@H](Cc1ccc(O)cc1)C(=O)N[C@@H](CC(=O)O)C(N)=O. The van der Waals surface area contributed by atoms with Crippen LogP contribution in [0.15, 0.2) is 54.7 Å². The van der Waals surface area contributed by atoms with E-state index in [0.29, 0.717) is 17.3 Å². The lowest BCUT2D eigenvalue weighted by Gasteiger charge is -2.24. The van der Waals surface area contributed by atoms with Gasteiger partial charge in [-0.1, -0.05) is 30.3 Å². The molecule has 0 radical (unpaired) electrons. The fraction of sp³-hybridized carbons (Fsp3) is 0.231. The van der Waals surface area contributed by atoms with E-state index in [1.54, 1.807) is 6.20 Å². The van der Waals surface area contributed by atoms with E-state index in [1.165, 1.54) is 24.3 Å². The molecule has 13 heteroatoms. The smallest absolute Gasteiger partial charge is 0.305 e. The Labute approximate surface area is 222 Å². The third kappa shape index (κ3) is 7.89. The van der Waals surface area contributed by atoms with Gasteiger partial charge in [0.15, 0.2) is 0 Å². The molecule has 2 aromatic carbocycles. The topological polar surface area (TPSA) is 228 Å². The van der Waals surface area contributed by atoms with Crippen molar-refractivity contribution in [3.63, 3.8) is 0 Å². The van der Waals surface area contributed by atoms with Crippen LogP contribution in [0.4, 0.5) is 0 Å². The maximum Gasteiger partial charge on any atom is 0.305 e. The zero-order chi connectivity index (χ0) is 28.5. The van der Waals surface area contributed by atoms with Crippen LogP contribution in [0.25, 0.3) is 10.9 Å². The summed E-state index contributed by atoms with van der Waals surface area (Å²) >= 11 is 0. The van der Waals surface area contributed by atoms with Crippen LogP contribution >= 0.6 is 0 Å². The van der Waals surface area contributed by atoms with Crippen molar-refractivity contribution in [1.82, 2.24) is 20.9 Å². The number of hydrogen-bond donors (Lipinski definition) is 8. The molecule has 9 N–H and O–H groups in total. The van der Waals surface area contributed by atoms with Gasteiger partial charge in [0.1, 0.15) is 23.9 Å². The standard InChI is InChI=1S/C26H28N6O7/c27-12-22(34)30-21(10-15-13-29-18-4-2-1-3-17(15)18)26(39)32-20(9-14-5-7-16(33)8-6-14)25(38)31-19(24(28)37)11-23(35)36/h1-8,12-13,19-21,27,29,33H,9-11H2,(H2,28,37)(H,30,34)(H,31,38)(H,32,39)(H,35,36)/t19-,20-,21-/m0/s1. The number of amides is 4. The van der Waals surface area contributed by atoms with Crippen LogP contribution in [0, 0.1) is 5.41 Å². The predicted molar refractivity (Wildman–Crippen MR) is 140 cm³/mol. The van der Waals surface area contributed by atoms with Gasteiger partial charge < -0.3 is 42.3 Å². The number of aromatic hydroxyl groups is 1. The van der Waals surface area contributed by atoms with Crippen molar-refractivity contribution in [2.75, 3.05) is 0 Å². The number of aliphatic carboxylic acids is 1. The van der Waals surface area contributed by atoms with E-state index in [9.17, 15) is 29.1 Å². The normalized spacial score (nSPS) is 13.0. The van der Waals surface area contributed by atoms with E-state index in [2.05, 4.69) is 20.9 Å². The first kappa shape index (κ1) is 28.4. The predicted octanol–water partition coefficient (Wildman–Crippen LogP) is -0.277. The van der Waals surface area contributed by atoms with E-state index in [4.69, 9.17) is 16.2 Å². The van der Waals surface area contributed by atoms with Crippen molar-refractivity contribution in [1.29, 1.82) is 5.41 Å². The number of fused-ring (bicyclic) bond motifs is 1. The van der Waals surface area contributed by atoms with Gasteiger partial charge in [0.25, 0.3) is 5.91 Å². The average Bonchev–Trinajstić information content (AvgIpc) is 3.31. The van der Waals surface area contributed by atoms with Crippen molar-refractivity contribution in [2.24, 2.45) is 5.73 Å². The zero-order valence-electron chi connectivity index (χ0n) is 20.6. The molecule has 0 unspecified atom stereocenters. The number of aromatic nitrogens is 1. The molecule has 0 bridgehead atoms. The van der Waals surface area contributed by atoms with Gasteiger partial charge in [-0.3, -0.25) is 24.0 Å². The number of phenols is 1. The molecule has 0 spiro atoms. The van der Waals surface area contributed by atoms with Crippen LogP contribution in [-0.2, 0) is 36.8 Å². The van der Waals surface area contributed by atoms with Crippen molar-refractivity contribution >= 4 is 46.7 Å². The van der Waals surface area contributed by atoms with Crippen molar-refractivity contribution in [2.45, 2.75) is 37.4 Å². The van der Waals surface area contributed by atoms with Crippen LogP contribution in [0.1, 0.15) is 17.5 Å². The lowest BCUT2D eigenvalue weighted by Crippen LogP contribution is -2.57. The second-order valence-electron chi connectivity index (χ2n) is 8.76. The van der Waals surface area contributed by atoms with Crippen molar-refractivity contribution in [3.8, 4) is 5.75 Å². The first-order valence-electron chi connectivity index (χ1n) is 11.8. The Morgan fingerprint density at radius 3 is 2.13 bits per heavy atom. The number of nitrogens with one attached hydrogen (secondary N) is 5. The second-order valence-corrected chi connectivity index (χ2v) is 8.76. The Morgan fingerprint density at radius 1 is 0.897 bits per heavy atom. The van der Waals surface area contributed by atoms with E-state index < -0.39 is 54.1 Å². The quantitative estimate of drug-likeness (QED) is 0.136. The summed E-state index contributed by atoms with van der Waals surface area (Å²) in [6.45, 7) is 0. The molecule has 0 saturated heterocycles. The number of hydrogen-bond acceptors (Lipinski definition) is 7. The summed E-state index contributed by atoms with van der Waals surface area (Å²) in [6.07, 6.45) is 1.35. The minimum atomic E-state index is -1.53. The van der Waals surface area contributed by atoms with E-state index in [-0.39, 0.29) is 18.6 Å². The Bertz CT molecular complexity index is 1380. The van der Waals surface area contributed by atoms with Crippen LogP contribution in [0.2, 0.25) is 0 Å². The molecular formula is C26H28N6O7. The number of carboxylic acid groups (broad SMARTS) is 1. The molecule has 0 saturated carbocycles. The molecule has 0 aliphatic heterocycles. The van der Waals surface area contributed by atoms with Crippen LogP contribution in [-0.4, -0.2) is 69.1 Å². The van der Waals surface area contributed by atoms with Crippen molar-refractivity contribution in [3.05, 3.63) is 65.9 Å². The van der Waals surface area contributed by atoms with Crippen molar-refractivity contribution < 1.29 is 34.2 Å². The Balaban J connectivity index is 1.87. The Kier molecular flexibility index (Phi) is 9.35. The van der Waals surface area contributed by atoms with Gasteiger partial charge in [0.2, 0.25) is 17.7 Å². The molecule has 13 nitrogen and oxygen atoms in total. The molecule has 1 heterocycles. The Morgan fingerprint density at radius 2 is 1.51 bits per heavy atom. The third-order valence-corrected chi connectivity index (χ3v) is 5.91. The number of benzene rings is 2. The highest BCUT2D eigenvalue weighted by Crippen LogP contribution is 2.19. The number of primary amides is 1. The van der Waals surface area contributed by atoms with E-state index in [1.807, 2.05) is 24.3 Å². The molecule has 4 amide bonds. The maximum absolute atomic E-state index is 13.4. The molecule has 0 aliphatic carbocycles. The molecule has 1 aromatic heterocycles. The monoisotopic (exact) mass is 536 g/mol. The molecule has 0 aliphatic rings. The lowest BCUT2D eigenvalue weighted by atomic mass is 10.0. The summed E-state index contributed by atoms with van der Waals surface area (Å²) in [5.41, 5.74) is 7.28. The number of phenolic OH excluding ortho intramolecular Hbond substituents is 1. The summed E-state index contributed by atoms with van der Waals surface area (Å²) in [5.74, 6) is -4.94. The number of para-hydroxylation sites is 1. The summed E-state index contributed by atoms with van der Waals surface area (Å²) in [4.78, 5) is 64.5. The average molecular weight is 537 g/mol. The zero-order valence-corrected chi connectivity index (χ0v) is 20.6. The first-order valence-corrected chi connectivity index (χ1v) is 11.8. The highest BCUT2D eigenvalue weighted by atomic mass is 16.4. The molecule has 0 fully saturated rings. The van der Waals surface area contributed by atoms with Gasteiger partial charge in [0, 0.05) is 29.9 Å². The number of carbonyl (C=O) groups is 5. The fourth-order valence-electron chi connectivity index (χ4n) is 3.96. The summed E-state index contributed by atoms with van der Waals surface area (Å²) < 4.78 is 0. The van der Waals surface area contributed by atoms with Crippen LogP contribution < -0.4 is 21.7 Å². The van der Waals surface area contributed by atoms with Crippen LogP contribution in [0.3, 0.4) is 0 Å². The molecule has 39 heavy (non-hydrogen) atoms. The van der Waals surface area contributed by atoms with E-state index >= 15 is 0 Å². The largest absolute Gasteiger partial charge is 0.508 e. The second kappa shape index (κ2) is 12.9. The van der Waals surface area contributed by atoms with Gasteiger partial charge in [-0.2, -0.15) is 0 Å². The summed E-state index contributed by atoms with van der Waals surface area (Å²) in [7, 11) is 0. The molecule has 3 rings (SSSR count). The van der Waals surface area contributed by atoms with Gasteiger partial charge in [0.05, 0.1) is 12.6 Å². The first-order chi connectivity index (χ1) is 18.6.